The average Bonchev–Trinajstić information content (AvgIpc) is 3.48. The van der Waals surface area contributed by atoms with Gasteiger partial charge in [-0.25, -0.2) is 4.68 Å². The number of rotatable bonds is 7. The third-order valence-electron chi connectivity index (χ3n) is 5.23. The van der Waals surface area contributed by atoms with Crippen LogP contribution in [0, 0.1) is 10.1 Å². The van der Waals surface area contributed by atoms with Crippen molar-refractivity contribution in [3.8, 4) is 0 Å². The first kappa shape index (κ1) is 22.4. The molecular formula is C21H21N7O4S. The number of anilines is 1. The Morgan fingerprint density at radius 1 is 1.15 bits per heavy atom. The summed E-state index contributed by atoms with van der Waals surface area (Å²) in [6.07, 6.45) is 2.40. The number of nitrogens with one attached hydrogen (secondary N) is 1. The summed E-state index contributed by atoms with van der Waals surface area (Å²) < 4.78 is 1.44. The van der Waals surface area contributed by atoms with Gasteiger partial charge in [0.1, 0.15) is 0 Å². The lowest BCUT2D eigenvalue weighted by Crippen LogP contribution is -2.29. The normalized spacial score (nSPS) is 13.2. The van der Waals surface area contributed by atoms with Gasteiger partial charge < -0.3 is 10.2 Å². The van der Waals surface area contributed by atoms with E-state index in [4.69, 9.17) is 0 Å². The third kappa shape index (κ3) is 5.34. The van der Waals surface area contributed by atoms with Crippen LogP contribution >= 0.6 is 11.8 Å². The number of nitro groups is 1. The number of hydrogen-bond donors (Lipinski definition) is 1. The van der Waals surface area contributed by atoms with Crippen LogP contribution in [0.1, 0.15) is 28.8 Å². The van der Waals surface area contributed by atoms with Crippen molar-refractivity contribution in [1.82, 2.24) is 25.1 Å². The van der Waals surface area contributed by atoms with Crippen molar-refractivity contribution >= 4 is 35.0 Å². The van der Waals surface area contributed by atoms with Gasteiger partial charge in [-0.3, -0.25) is 19.7 Å². The zero-order valence-corrected chi connectivity index (χ0v) is 18.6. The number of nitrogens with zero attached hydrogens (tertiary/aromatic N) is 6. The Morgan fingerprint density at radius 3 is 2.52 bits per heavy atom. The molecule has 12 heteroatoms. The van der Waals surface area contributed by atoms with Crippen LogP contribution in [0.4, 0.5) is 11.4 Å². The highest BCUT2D eigenvalue weighted by molar-refractivity contribution is 7.99. The minimum atomic E-state index is -0.554. The van der Waals surface area contributed by atoms with E-state index in [2.05, 4.69) is 20.8 Å². The quantitative estimate of drug-likeness (QED) is 0.414. The Hall–Kier alpha value is -3.80. The van der Waals surface area contributed by atoms with Crippen LogP contribution < -0.4 is 5.32 Å². The smallest absolute Gasteiger partial charge is 0.270 e. The summed E-state index contributed by atoms with van der Waals surface area (Å²) >= 11 is 1.13. The molecule has 0 aliphatic carbocycles. The van der Waals surface area contributed by atoms with E-state index in [0.29, 0.717) is 22.2 Å². The minimum absolute atomic E-state index is 0.0980. The van der Waals surface area contributed by atoms with Crippen LogP contribution in [-0.4, -0.2) is 54.9 Å². The zero-order chi connectivity index (χ0) is 23.4. The van der Waals surface area contributed by atoms with Gasteiger partial charge in [-0.15, -0.1) is 5.10 Å². The van der Waals surface area contributed by atoms with Gasteiger partial charge in [-0.2, -0.15) is 0 Å². The first-order chi connectivity index (χ1) is 15.9. The summed E-state index contributed by atoms with van der Waals surface area (Å²) in [6.45, 7) is 1.61. The molecule has 4 rings (SSSR count). The molecule has 1 saturated heterocycles. The Balaban J connectivity index is 1.49. The van der Waals surface area contributed by atoms with E-state index in [1.807, 2.05) is 4.90 Å². The van der Waals surface area contributed by atoms with Gasteiger partial charge >= 0.3 is 0 Å². The SMILES string of the molecule is Cn1nnnc1Sc1ccc([N+](=O)[O-])cc1C(=O)Nc1ccc(CC(=O)N2CCCC2)cc1. The van der Waals surface area contributed by atoms with Gasteiger partial charge in [0, 0.05) is 42.9 Å². The van der Waals surface area contributed by atoms with E-state index in [-0.39, 0.29) is 17.2 Å². The summed E-state index contributed by atoms with van der Waals surface area (Å²) in [5.74, 6) is -0.405. The van der Waals surface area contributed by atoms with Crippen LogP contribution in [0.3, 0.4) is 0 Å². The molecule has 0 saturated carbocycles. The third-order valence-corrected chi connectivity index (χ3v) is 6.33. The topological polar surface area (TPSA) is 136 Å². The number of carbonyl (C=O) groups excluding carboxylic acids is 2. The van der Waals surface area contributed by atoms with E-state index < -0.39 is 10.8 Å². The predicted molar refractivity (Wildman–Crippen MR) is 120 cm³/mol. The van der Waals surface area contributed by atoms with Crippen LogP contribution in [-0.2, 0) is 18.3 Å². The monoisotopic (exact) mass is 467 g/mol. The molecule has 2 aromatic carbocycles. The number of likely N-dealkylation sites (tertiary alicyclic amines) is 1. The van der Waals surface area contributed by atoms with Gasteiger partial charge in [0.05, 0.1) is 16.9 Å². The molecule has 1 fully saturated rings. The first-order valence-corrected chi connectivity index (χ1v) is 11.1. The minimum Gasteiger partial charge on any atom is -0.342 e. The molecule has 0 unspecified atom stereocenters. The van der Waals surface area contributed by atoms with Gasteiger partial charge in [0.25, 0.3) is 11.6 Å². The number of tetrazole rings is 1. The molecule has 170 valence electrons. The maximum atomic E-state index is 13.0. The van der Waals surface area contributed by atoms with Gasteiger partial charge in [0.2, 0.25) is 11.1 Å². The van der Waals surface area contributed by atoms with Crippen molar-refractivity contribution in [3.05, 3.63) is 63.7 Å². The number of carbonyl (C=O) groups is 2. The van der Waals surface area contributed by atoms with Gasteiger partial charge in [-0.1, -0.05) is 12.1 Å². The number of non-ortho nitro benzene ring substituents is 1. The van der Waals surface area contributed by atoms with E-state index in [1.54, 1.807) is 31.3 Å². The lowest BCUT2D eigenvalue weighted by Gasteiger charge is -2.15. The molecule has 33 heavy (non-hydrogen) atoms. The van der Waals surface area contributed by atoms with Crippen LogP contribution in [0.15, 0.2) is 52.5 Å². The van der Waals surface area contributed by atoms with Crippen molar-refractivity contribution in [1.29, 1.82) is 0 Å². The highest BCUT2D eigenvalue weighted by atomic mass is 32.2. The lowest BCUT2D eigenvalue weighted by molar-refractivity contribution is -0.384. The van der Waals surface area contributed by atoms with Crippen LogP contribution in [0.5, 0.6) is 0 Å². The molecule has 11 nitrogen and oxygen atoms in total. The molecule has 1 N–H and O–H groups in total. The maximum absolute atomic E-state index is 13.0. The molecule has 0 atom stereocenters. The fourth-order valence-electron chi connectivity index (χ4n) is 3.46. The van der Waals surface area contributed by atoms with Crippen molar-refractivity contribution < 1.29 is 14.5 Å². The highest BCUT2D eigenvalue weighted by Gasteiger charge is 2.20. The highest BCUT2D eigenvalue weighted by Crippen LogP contribution is 2.31. The fourth-order valence-corrected chi connectivity index (χ4v) is 4.30. The molecule has 3 aromatic rings. The zero-order valence-electron chi connectivity index (χ0n) is 17.8. The van der Waals surface area contributed by atoms with E-state index in [1.165, 1.54) is 22.9 Å². The van der Waals surface area contributed by atoms with Crippen molar-refractivity contribution in [2.24, 2.45) is 7.05 Å². The van der Waals surface area contributed by atoms with Gasteiger partial charge in [-0.05, 0) is 58.8 Å². The Kier molecular flexibility index (Phi) is 6.63. The molecule has 1 aromatic heterocycles. The molecule has 1 aliphatic rings. The Bertz CT molecular complexity index is 1190. The number of nitro benzene ring substituents is 1. The van der Waals surface area contributed by atoms with E-state index >= 15 is 0 Å². The van der Waals surface area contributed by atoms with E-state index in [0.717, 1.165) is 43.3 Å². The Morgan fingerprint density at radius 2 is 1.88 bits per heavy atom. The van der Waals surface area contributed by atoms with Crippen LogP contribution in [0.2, 0.25) is 0 Å². The largest absolute Gasteiger partial charge is 0.342 e. The standard InChI is InChI=1S/C21H21N7O4S/c1-26-21(23-24-25-26)33-18-9-8-16(28(31)32)13-17(18)20(30)22-15-6-4-14(5-7-15)12-19(29)27-10-2-3-11-27/h4-9,13H,2-3,10-12H2,1H3,(H,22,30). The lowest BCUT2D eigenvalue weighted by atomic mass is 10.1. The second-order valence-corrected chi connectivity index (χ2v) is 8.55. The summed E-state index contributed by atoms with van der Waals surface area (Å²) in [6, 6.07) is 11.1. The van der Waals surface area contributed by atoms with Crippen molar-refractivity contribution in [2.45, 2.75) is 29.3 Å². The molecule has 2 heterocycles. The molecule has 1 aliphatic heterocycles. The van der Waals surface area contributed by atoms with Crippen molar-refractivity contribution in [2.75, 3.05) is 18.4 Å². The molecule has 0 radical (unpaired) electrons. The average molecular weight is 468 g/mol. The number of benzene rings is 2. The number of aryl methyl sites for hydroxylation is 1. The van der Waals surface area contributed by atoms with Gasteiger partial charge in [0.15, 0.2) is 0 Å². The van der Waals surface area contributed by atoms with Crippen LogP contribution in [0.25, 0.3) is 0 Å². The van der Waals surface area contributed by atoms with Crippen molar-refractivity contribution in [3.63, 3.8) is 0 Å². The molecule has 0 bridgehead atoms. The summed E-state index contributed by atoms with van der Waals surface area (Å²) in [4.78, 5) is 38.3. The second-order valence-electron chi connectivity index (χ2n) is 7.54. The Labute approximate surface area is 193 Å². The number of hydrogen-bond acceptors (Lipinski definition) is 8. The molecular weight excluding hydrogens is 446 g/mol. The van der Waals surface area contributed by atoms with E-state index in [9.17, 15) is 19.7 Å². The summed E-state index contributed by atoms with van der Waals surface area (Å²) in [5, 5.41) is 25.6. The summed E-state index contributed by atoms with van der Waals surface area (Å²) in [7, 11) is 1.66. The molecule has 0 spiro atoms. The fraction of sp³-hybridized carbons (Fsp3) is 0.286. The molecule has 2 amide bonds. The second kappa shape index (κ2) is 9.77. The number of aromatic nitrogens is 4. The number of amides is 2. The summed E-state index contributed by atoms with van der Waals surface area (Å²) in [5.41, 5.74) is 1.30. The maximum Gasteiger partial charge on any atom is 0.270 e. The first-order valence-electron chi connectivity index (χ1n) is 10.3. The predicted octanol–water partition coefficient (Wildman–Crippen LogP) is 2.69.